The molecule has 0 saturated carbocycles. The first-order chi connectivity index (χ1) is 13.0. The molecular formula is C25H53BrN2O. The molecule has 0 saturated heterocycles. The molecule has 0 aromatic carbocycles. The molecule has 0 aliphatic rings. The molecule has 1 atom stereocenters. The summed E-state index contributed by atoms with van der Waals surface area (Å²) < 4.78 is 0. The lowest BCUT2D eigenvalue weighted by Gasteiger charge is -2.16. The van der Waals surface area contributed by atoms with Crippen LogP contribution in [0.15, 0.2) is 11.1 Å². The van der Waals surface area contributed by atoms with E-state index in [9.17, 15) is 4.79 Å². The highest BCUT2D eigenvalue weighted by Crippen LogP contribution is 2.24. The molecule has 0 aliphatic carbocycles. The topological polar surface area (TPSA) is 78.1 Å². The Morgan fingerprint density at radius 2 is 1.10 bits per heavy atom. The van der Waals surface area contributed by atoms with Crippen molar-refractivity contribution in [2.24, 2.45) is 11.7 Å². The minimum absolute atomic E-state index is 0. The lowest BCUT2D eigenvalue weighted by molar-refractivity contribution is -0.115. The summed E-state index contributed by atoms with van der Waals surface area (Å²) in [6, 6.07) is 0. The van der Waals surface area contributed by atoms with Crippen molar-refractivity contribution in [1.82, 2.24) is 6.15 Å². The van der Waals surface area contributed by atoms with Crippen LogP contribution in [0.3, 0.4) is 0 Å². The zero-order valence-corrected chi connectivity index (χ0v) is 21.9. The Bertz CT molecular complexity index is 396. The van der Waals surface area contributed by atoms with Crippen LogP contribution in [0.2, 0.25) is 0 Å². The summed E-state index contributed by atoms with van der Waals surface area (Å²) in [6.07, 6.45) is 22.6. The van der Waals surface area contributed by atoms with Gasteiger partial charge in [-0.3, -0.25) is 4.79 Å². The molecule has 0 fully saturated rings. The summed E-state index contributed by atoms with van der Waals surface area (Å²) in [5.41, 5.74) is 7.71. The highest BCUT2D eigenvalue weighted by Gasteiger charge is 2.16. The van der Waals surface area contributed by atoms with Gasteiger partial charge >= 0.3 is 0 Å². The molecule has 3 nitrogen and oxygen atoms in total. The molecule has 0 aromatic heterocycles. The van der Waals surface area contributed by atoms with Gasteiger partial charge in [0.1, 0.15) is 0 Å². The van der Waals surface area contributed by atoms with Crippen LogP contribution in [0, 0.1) is 5.92 Å². The first-order valence-electron chi connectivity index (χ1n) is 12.0. The molecule has 0 aliphatic heterocycles. The monoisotopic (exact) mass is 476 g/mol. The fourth-order valence-electron chi connectivity index (χ4n) is 4.17. The predicted molar refractivity (Wildman–Crippen MR) is 136 cm³/mol. The SMILES string of the molecule is Br.CCCCCCCCCCCCCCCCC(C)C(C(N)=O)=C(C)CCC.N. The second kappa shape index (κ2) is 23.9. The van der Waals surface area contributed by atoms with Crippen LogP contribution < -0.4 is 11.9 Å². The second-order valence-electron chi connectivity index (χ2n) is 8.59. The van der Waals surface area contributed by atoms with Crippen LogP contribution in [-0.4, -0.2) is 5.91 Å². The van der Waals surface area contributed by atoms with E-state index in [1.807, 2.05) is 0 Å². The molecule has 29 heavy (non-hydrogen) atoms. The first kappa shape index (κ1) is 33.3. The normalized spacial score (nSPS) is 12.6. The van der Waals surface area contributed by atoms with E-state index in [0.717, 1.165) is 24.8 Å². The highest BCUT2D eigenvalue weighted by molar-refractivity contribution is 8.93. The predicted octanol–water partition coefficient (Wildman–Crippen LogP) is 8.84. The van der Waals surface area contributed by atoms with Crippen molar-refractivity contribution in [3.63, 3.8) is 0 Å². The molecule has 1 amide bonds. The van der Waals surface area contributed by atoms with Crippen LogP contribution in [0.4, 0.5) is 0 Å². The number of primary amides is 1. The lowest BCUT2D eigenvalue weighted by atomic mass is 9.89. The summed E-state index contributed by atoms with van der Waals surface area (Å²) in [4.78, 5) is 11.8. The minimum atomic E-state index is -0.209. The van der Waals surface area contributed by atoms with Gasteiger partial charge in [-0.1, -0.05) is 123 Å². The third-order valence-electron chi connectivity index (χ3n) is 5.83. The lowest BCUT2D eigenvalue weighted by Crippen LogP contribution is -2.21. The van der Waals surface area contributed by atoms with E-state index in [4.69, 9.17) is 5.73 Å². The number of hydrogen-bond donors (Lipinski definition) is 2. The van der Waals surface area contributed by atoms with Gasteiger partial charge < -0.3 is 11.9 Å². The summed E-state index contributed by atoms with van der Waals surface area (Å²) in [5.74, 6) is 0.102. The van der Waals surface area contributed by atoms with E-state index < -0.39 is 0 Å². The molecule has 176 valence electrons. The summed E-state index contributed by atoms with van der Waals surface area (Å²) in [7, 11) is 0. The molecule has 0 bridgehead atoms. The number of hydrogen-bond acceptors (Lipinski definition) is 2. The molecule has 0 radical (unpaired) electrons. The average Bonchev–Trinajstić information content (AvgIpc) is 2.62. The van der Waals surface area contributed by atoms with E-state index in [-0.39, 0.29) is 29.0 Å². The molecule has 0 rings (SSSR count). The zero-order chi connectivity index (χ0) is 20.3. The van der Waals surface area contributed by atoms with Crippen LogP contribution in [0.1, 0.15) is 137 Å². The Morgan fingerprint density at radius 3 is 1.45 bits per heavy atom. The van der Waals surface area contributed by atoms with Crippen molar-refractivity contribution in [3.8, 4) is 0 Å². The van der Waals surface area contributed by atoms with E-state index in [1.165, 1.54) is 95.5 Å². The molecule has 0 spiro atoms. The minimum Gasteiger partial charge on any atom is -0.366 e. The molecular weight excluding hydrogens is 424 g/mol. The maximum Gasteiger partial charge on any atom is 0.244 e. The van der Waals surface area contributed by atoms with Crippen molar-refractivity contribution < 1.29 is 4.79 Å². The van der Waals surface area contributed by atoms with Gasteiger partial charge in [0.2, 0.25) is 5.91 Å². The number of nitrogens with two attached hydrogens (primary N) is 1. The number of amides is 1. The van der Waals surface area contributed by atoms with Crippen LogP contribution in [-0.2, 0) is 4.79 Å². The van der Waals surface area contributed by atoms with Gasteiger partial charge in [-0.25, -0.2) is 0 Å². The molecule has 5 N–H and O–H groups in total. The van der Waals surface area contributed by atoms with Gasteiger partial charge in [0.15, 0.2) is 0 Å². The highest BCUT2D eigenvalue weighted by atomic mass is 79.9. The van der Waals surface area contributed by atoms with Crippen LogP contribution in [0.5, 0.6) is 0 Å². The Labute approximate surface area is 193 Å². The molecule has 1 unspecified atom stereocenters. The standard InChI is InChI=1S/C25H49NO.BrH.H3N/c1-5-7-8-9-10-11-12-13-14-15-16-17-18-19-21-23(4)24(25(26)27)22(3)20-6-2;;/h23H,5-21H2,1-4H3,(H2,26,27);1H;1H3. The third kappa shape index (κ3) is 19.4. The summed E-state index contributed by atoms with van der Waals surface area (Å²) in [5, 5.41) is 0. The van der Waals surface area contributed by atoms with E-state index in [1.54, 1.807) is 0 Å². The largest absolute Gasteiger partial charge is 0.366 e. The number of carbonyl (C=O) groups excluding carboxylic acids is 1. The van der Waals surface area contributed by atoms with Crippen LogP contribution in [0.25, 0.3) is 0 Å². The Kier molecular flexibility index (Phi) is 27.5. The maximum absolute atomic E-state index is 11.8. The van der Waals surface area contributed by atoms with E-state index >= 15 is 0 Å². The Hall–Kier alpha value is -0.350. The zero-order valence-electron chi connectivity index (χ0n) is 20.2. The van der Waals surface area contributed by atoms with Crippen molar-refractivity contribution in [2.75, 3.05) is 0 Å². The average molecular weight is 478 g/mol. The quantitative estimate of drug-likeness (QED) is 0.144. The number of allylic oxidation sites excluding steroid dienone is 1. The fraction of sp³-hybridized carbons (Fsp3) is 0.880. The van der Waals surface area contributed by atoms with Gasteiger partial charge in [0, 0.05) is 5.57 Å². The van der Waals surface area contributed by atoms with Crippen LogP contribution >= 0.6 is 17.0 Å². The second-order valence-corrected chi connectivity index (χ2v) is 8.59. The van der Waals surface area contributed by atoms with Gasteiger partial charge in [-0.05, 0) is 25.7 Å². The molecule has 4 heteroatoms. The van der Waals surface area contributed by atoms with Gasteiger partial charge in [-0.15, -0.1) is 17.0 Å². The van der Waals surface area contributed by atoms with Crippen molar-refractivity contribution in [2.45, 2.75) is 137 Å². The van der Waals surface area contributed by atoms with E-state index in [2.05, 4.69) is 27.7 Å². The molecule has 0 aromatic rings. The molecule has 0 heterocycles. The van der Waals surface area contributed by atoms with Gasteiger partial charge in [-0.2, -0.15) is 0 Å². The maximum atomic E-state index is 11.8. The number of rotatable bonds is 19. The van der Waals surface area contributed by atoms with Gasteiger partial charge in [0.05, 0.1) is 0 Å². The smallest absolute Gasteiger partial charge is 0.244 e. The van der Waals surface area contributed by atoms with Crippen molar-refractivity contribution in [3.05, 3.63) is 11.1 Å². The summed E-state index contributed by atoms with van der Waals surface area (Å²) >= 11 is 0. The third-order valence-corrected chi connectivity index (χ3v) is 5.83. The van der Waals surface area contributed by atoms with Gasteiger partial charge in [0.25, 0.3) is 0 Å². The fourth-order valence-corrected chi connectivity index (χ4v) is 4.17. The Morgan fingerprint density at radius 1 is 0.724 bits per heavy atom. The first-order valence-corrected chi connectivity index (χ1v) is 12.0. The van der Waals surface area contributed by atoms with Crippen molar-refractivity contribution in [1.29, 1.82) is 0 Å². The van der Waals surface area contributed by atoms with Crippen molar-refractivity contribution >= 4 is 22.9 Å². The van der Waals surface area contributed by atoms with E-state index in [0.29, 0.717) is 5.92 Å². The summed E-state index contributed by atoms with van der Waals surface area (Å²) in [6.45, 7) is 8.68. The number of unbranched alkanes of at least 4 members (excludes halogenated alkanes) is 13. The Balaban J connectivity index is -0.00000338. The number of halogens is 1. The number of carbonyl (C=O) groups is 1.